The summed E-state index contributed by atoms with van der Waals surface area (Å²) in [5.41, 5.74) is 1.41. The molecule has 1 aliphatic heterocycles. The average molecular weight is 264 g/mol. The van der Waals surface area contributed by atoms with Gasteiger partial charge in [0, 0.05) is 0 Å². The van der Waals surface area contributed by atoms with Crippen LogP contribution in [0.4, 0.5) is 11.4 Å². The molecule has 0 saturated heterocycles. The van der Waals surface area contributed by atoms with Gasteiger partial charge in [0.15, 0.2) is 0 Å². The van der Waals surface area contributed by atoms with Gasteiger partial charge in [-0.2, -0.15) is 12.6 Å². The number of anilines is 2. The van der Waals surface area contributed by atoms with E-state index in [0.717, 1.165) is 5.69 Å². The van der Waals surface area contributed by atoms with Crippen molar-refractivity contribution in [2.45, 2.75) is 19.1 Å². The number of thiol groups is 1. The quantitative estimate of drug-likeness (QED) is 0.802. The zero-order valence-corrected chi connectivity index (χ0v) is 11.3. The number of hydrogen-bond acceptors (Lipinski definition) is 3. The van der Waals surface area contributed by atoms with E-state index < -0.39 is 5.25 Å². The summed E-state index contributed by atoms with van der Waals surface area (Å²) in [5, 5.41) is 2.36. The molecule has 96 valence electrons. The van der Waals surface area contributed by atoms with Crippen LogP contribution in [-0.4, -0.2) is 23.6 Å². The Hall–Kier alpha value is -1.49. The van der Waals surface area contributed by atoms with Crippen molar-refractivity contribution in [2.75, 3.05) is 16.8 Å². The molecular weight excluding hydrogens is 248 g/mol. The fourth-order valence-electron chi connectivity index (χ4n) is 1.87. The van der Waals surface area contributed by atoms with Crippen molar-refractivity contribution in [1.29, 1.82) is 0 Å². The number of benzene rings is 1. The molecule has 1 unspecified atom stereocenters. The van der Waals surface area contributed by atoms with Gasteiger partial charge in [-0.05, 0) is 18.1 Å². The first kappa shape index (κ1) is 13.0. The molecule has 0 aromatic heterocycles. The molecule has 1 aliphatic rings. The molecule has 5 heteroatoms. The SMILES string of the molecule is CC(C)C(S)C(=O)N1CC(=O)Nc2ccccc21. The summed E-state index contributed by atoms with van der Waals surface area (Å²) in [4.78, 5) is 25.4. The largest absolute Gasteiger partial charge is 0.323 e. The highest BCUT2D eigenvalue weighted by Gasteiger charge is 2.30. The highest BCUT2D eigenvalue weighted by molar-refractivity contribution is 7.81. The van der Waals surface area contributed by atoms with Gasteiger partial charge in [-0.3, -0.25) is 14.5 Å². The number of amides is 2. The molecular formula is C13H16N2O2S. The van der Waals surface area contributed by atoms with Crippen LogP contribution < -0.4 is 10.2 Å². The van der Waals surface area contributed by atoms with Crippen molar-refractivity contribution in [3.8, 4) is 0 Å². The Morgan fingerprint density at radius 3 is 2.72 bits per heavy atom. The number of para-hydroxylation sites is 2. The highest BCUT2D eigenvalue weighted by Crippen LogP contribution is 2.30. The summed E-state index contributed by atoms with van der Waals surface area (Å²) >= 11 is 4.33. The predicted molar refractivity (Wildman–Crippen MR) is 75.0 cm³/mol. The third kappa shape index (κ3) is 2.36. The summed E-state index contributed by atoms with van der Waals surface area (Å²) in [6.07, 6.45) is 0. The van der Waals surface area contributed by atoms with Crippen LogP contribution in [-0.2, 0) is 9.59 Å². The molecule has 2 amide bonds. The molecule has 1 aromatic rings. The molecule has 0 radical (unpaired) electrons. The Balaban J connectivity index is 2.34. The van der Waals surface area contributed by atoms with Crippen LogP contribution in [0.25, 0.3) is 0 Å². The van der Waals surface area contributed by atoms with Gasteiger partial charge in [0.25, 0.3) is 0 Å². The molecule has 18 heavy (non-hydrogen) atoms. The number of carbonyl (C=O) groups is 2. The van der Waals surface area contributed by atoms with Crippen LogP contribution >= 0.6 is 12.6 Å². The van der Waals surface area contributed by atoms with Crippen molar-refractivity contribution in [3.63, 3.8) is 0 Å². The van der Waals surface area contributed by atoms with Crippen molar-refractivity contribution < 1.29 is 9.59 Å². The van der Waals surface area contributed by atoms with Gasteiger partial charge >= 0.3 is 0 Å². The first-order chi connectivity index (χ1) is 8.50. The molecule has 0 aliphatic carbocycles. The van der Waals surface area contributed by atoms with Crippen LogP contribution in [0.3, 0.4) is 0 Å². The van der Waals surface area contributed by atoms with Crippen molar-refractivity contribution in [3.05, 3.63) is 24.3 Å². The molecule has 0 fully saturated rings. The van der Waals surface area contributed by atoms with E-state index in [1.807, 2.05) is 32.0 Å². The van der Waals surface area contributed by atoms with E-state index in [1.54, 1.807) is 6.07 Å². The van der Waals surface area contributed by atoms with Gasteiger partial charge in [-0.25, -0.2) is 0 Å². The fraction of sp³-hybridized carbons (Fsp3) is 0.385. The van der Waals surface area contributed by atoms with E-state index in [9.17, 15) is 9.59 Å². The van der Waals surface area contributed by atoms with Gasteiger partial charge in [0.2, 0.25) is 11.8 Å². The van der Waals surface area contributed by atoms with Crippen LogP contribution in [0.5, 0.6) is 0 Å². The van der Waals surface area contributed by atoms with Crippen molar-refractivity contribution in [1.82, 2.24) is 0 Å². The number of nitrogens with zero attached hydrogens (tertiary/aromatic N) is 1. The highest BCUT2D eigenvalue weighted by atomic mass is 32.1. The van der Waals surface area contributed by atoms with E-state index in [4.69, 9.17) is 0 Å². The number of rotatable bonds is 2. The first-order valence-corrected chi connectivity index (χ1v) is 6.40. The molecule has 1 heterocycles. The van der Waals surface area contributed by atoms with Crippen LogP contribution in [0.15, 0.2) is 24.3 Å². The smallest absolute Gasteiger partial charge is 0.244 e. The summed E-state index contributed by atoms with van der Waals surface area (Å²) in [7, 11) is 0. The average Bonchev–Trinajstić information content (AvgIpc) is 2.35. The van der Waals surface area contributed by atoms with E-state index in [1.165, 1.54) is 4.90 Å². The topological polar surface area (TPSA) is 49.4 Å². The molecule has 2 rings (SSSR count). The van der Waals surface area contributed by atoms with Gasteiger partial charge in [0.1, 0.15) is 6.54 Å². The van der Waals surface area contributed by atoms with E-state index in [-0.39, 0.29) is 24.3 Å². The van der Waals surface area contributed by atoms with Gasteiger partial charge in [0.05, 0.1) is 16.6 Å². The maximum Gasteiger partial charge on any atom is 0.244 e. The Kier molecular flexibility index (Phi) is 3.61. The lowest BCUT2D eigenvalue weighted by molar-refractivity contribution is -0.122. The van der Waals surface area contributed by atoms with Crippen LogP contribution in [0.2, 0.25) is 0 Å². The molecule has 0 spiro atoms. The molecule has 1 aromatic carbocycles. The predicted octanol–water partition coefficient (Wildman–Crippen LogP) is 1.93. The zero-order valence-electron chi connectivity index (χ0n) is 10.4. The normalized spacial score (nSPS) is 16.2. The lowest BCUT2D eigenvalue weighted by Gasteiger charge is -2.31. The maximum absolute atomic E-state index is 12.3. The summed E-state index contributed by atoms with van der Waals surface area (Å²) in [5.74, 6) is -0.181. The van der Waals surface area contributed by atoms with Gasteiger partial charge in [-0.15, -0.1) is 0 Å². The Morgan fingerprint density at radius 1 is 1.39 bits per heavy atom. The second-order valence-electron chi connectivity index (χ2n) is 4.68. The minimum absolute atomic E-state index is 0.0552. The zero-order chi connectivity index (χ0) is 13.3. The van der Waals surface area contributed by atoms with E-state index >= 15 is 0 Å². The van der Waals surface area contributed by atoms with Crippen LogP contribution in [0.1, 0.15) is 13.8 Å². The molecule has 0 saturated carbocycles. The Labute approximate surface area is 112 Å². The van der Waals surface area contributed by atoms with Gasteiger partial charge < -0.3 is 5.32 Å². The minimum Gasteiger partial charge on any atom is -0.323 e. The Bertz CT molecular complexity index is 488. The van der Waals surface area contributed by atoms with E-state index in [2.05, 4.69) is 17.9 Å². The number of hydrogen-bond donors (Lipinski definition) is 2. The molecule has 1 atom stereocenters. The number of carbonyl (C=O) groups excluding carboxylic acids is 2. The summed E-state index contributed by atoms with van der Waals surface area (Å²) in [6, 6.07) is 7.29. The number of fused-ring (bicyclic) bond motifs is 1. The summed E-state index contributed by atoms with van der Waals surface area (Å²) < 4.78 is 0. The molecule has 1 N–H and O–H groups in total. The first-order valence-electron chi connectivity index (χ1n) is 5.89. The van der Waals surface area contributed by atoms with Gasteiger partial charge in [-0.1, -0.05) is 26.0 Å². The third-order valence-electron chi connectivity index (χ3n) is 2.92. The second kappa shape index (κ2) is 5.02. The summed E-state index contributed by atoms with van der Waals surface area (Å²) in [6.45, 7) is 3.93. The van der Waals surface area contributed by atoms with Crippen molar-refractivity contribution in [2.24, 2.45) is 5.92 Å². The fourth-order valence-corrected chi connectivity index (χ4v) is 2.01. The van der Waals surface area contributed by atoms with Crippen molar-refractivity contribution >= 4 is 35.8 Å². The lowest BCUT2D eigenvalue weighted by Crippen LogP contribution is -2.46. The lowest BCUT2D eigenvalue weighted by atomic mass is 10.1. The Morgan fingerprint density at radius 2 is 2.06 bits per heavy atom. The van der Waals surface area contributed by atoms with Crippen LogP contribution in [0, 0.1) is 5.92 Å². The molecule has 0 bridgehead atoms. The molecule has 4 nitrogen and oxygen atoms in total. The second-order valence-corrected chi connectivity index (χ2v) is 5.23. The maximum atomic E-state index is 12.3. The monoisotopic (exact) mass is 264 g/mol. The minimum atomic E-state index is -0.399. The third-order valence-corrected chi connectivity index (χ3v) is 3.74. The number of nitrogens with one attached hydrogen (secondary N) is 1. The standard InChI is InChI=1S/C13H16N2O2S/c1-8(2)12(18)13(17)15-7-11(16)14-9-5-3-4-6-10(9)15/h3-6,8,12,18H,7H2,1-2H3,(H,14,16). The van der Waals surface area contributed by atoms with E-state index in [0.29, 0.717) is 5.69 Å².